The van der Waals surface area contributed by atoms with Crippen LogP contribution in [-0.2, 0) is 4.74 Å². The van der Waals surface area contributed by atoms with Gasteiger partial charge in [0.1, 0.15) is 16.5 Å². The Morgan fingerprint density at radius 1 is 1.42 bits per heavy atom. The van der Waals surface area contributed by atoms with Gasteiger partial charge in [0.15, 0.2) is 17.6 Å². The molecular weight excluding hydrogens is 266 g/mol. The molecular formula is C13H11NO4S. The zero-order chi connectivity index (χ0) is 13.2. The number of hydrogen-bond acceptors (Lipinski definition) is 6. The van der Waals surface area contributed by atoms with Gasteiger partial charge in [-0.05, 0) is 12.1 Å². The smallest absolute Gasteiger partial charge is 0.349 e. The molecule has 1 aromatic carbocycles. The van der Waals surface area contributed by atoms with E-state index in [1.54, 1.807) is 0 Å². The lowest BCUT2D eigenvalue weighted by atomic mass is 10.2. The number of nitrogens with zero attached hydrogens (tertiary/aromatic N) is 1. The average Bonchev–Trinajstić information content (AvgIpc) is 2.95. The SMILES string of the molecule is COC(=O)c1cnc(C2COc3ccccc3O2)s1. The van der Waals surface area contributed by atoms with Gasteiger partial charge >= 0.3 is 5.97 Å². The minimum Gasteiger partial charge on any atom is -0.485 e. The lowest BCUT2D eigenvalue weighted by molar-refractivity contribution is 0.0606. The van der Waals surface area contributed by atoms with E-state index in [4.69, 9.17) is 9.47 Å². The van der Waals surface area contributed by atoms with Crippen LogP contribution >= 0.6 is 11.3 Å². The molecule has 1 unspecified atom stereocenters. The molecule has 1 aliphatic heterocycles. The third-order valence-electron chi connectivity index (χ3n) is 2.69. The molecule has 98 valence electrons. The van der Waals surface area contributed by atoms with E-state index in [0.717, 1.165) is 5.75 Å². The fourth-order valence-corrected chi connectivity index (χ4v) is 2.62. The molecule has 1 aromatic heterocycles. The molecule has 0 saturated carbocycles. The van der Waals surface area contributed by atoms with E-state index in [-0.39, 0.29) is 12.1 Å². The zero-order valence-electron chi connectivity index (χ0n) is 10.2. The van der Waals surface area contributed by atoms with Crippen LogP contribution in [0.15, 0.2) is 30.5 Å². The van der Waals surface area contributed by atoms with E-state index in [0.29, 0.717) is 22.2 Å². The Balaban J connectivity index is 1.81. The number of para-hydroxylation sites is 2. The molecule has 0 saturated heterocycles. The first kappa shape index (κ1) is 12.0. The molecule has 0 spiro atoms. The summed E-state index contributed by atoms with van der Waals surface area (Å²) in [6.07, 6.45) is 1.20. The van der Waals surface area contributed by atoms with E-state index in [1.165, 1.54) is 24.6 Å². The number of methoxy groups -OCH3 is 1. The number of carbonyl (C=O) groups is 1. The first-order valence-electron chi connectivity index (χ1n) is 5.70. The van der Waals surface area contributed by atoms with Crippen LogP contribution in [0.4, 0.5) is 0 Å². The minimum atomic E-state index is -0.388. The van der Waals surface area contributed by atoms with Crippen LogP contribution < -0.4 is 9.47 Å². The van der Waals surface area contributed by atoms with Crippen molar-refractivity contribution in [2.75, 3.05) is 13.7 Å². The van der Waals surface area contributed by atoms with Gasteiger partial charge in [-0.25, -0.2) is 9.78 Å². The first-order valence-corrected chi connectivity index (χ1v) is 6.52. The Bertz CT molecular complexity index is 610. The molecule has 19 heavy (non-hydrogen) atoms. The highest BCUT2D eigenvalue weighted by Crippen LogP contribution is 2.36. The van der Waals surface area contributed by atoms with Gasteiger partial charge in [0.25, 0.3) is 0 Å². The molecule has 1 aliphatic rings. The molecule has 6 heteroatoms. The number of benzene rings is 1. The van der Waals surface area contributed by atoms with Gasteiger partial charge in [-0.3, -0.25) is 0 Å². The van der Waals surface area contributed by atoms with Gasteiger partial charge in [0.2, 0.25) is 0 Å². The van der Waals surface area contributed by atoms with Gasteiger partial charge in [0, 0.05) is 0 Å². The van der Waals surface area contributed by atoms with E-state index in [9.17, 15) is 4.79 Å². The summed E-state index contributed by atoms with van der Waals surface area (Å²) in [5.41, 5.74) is 0. The molecule has 0 amide bonds. The van der Waals surface area contributed by atoms with Crippen LogP contribution in [0.3, 0.4) is 0 Å². The molecule has 0 fully saturated rings. The molecule has 5 nitrogen and oxygen atoms in total. The quantitative estimate of drug-likeness (QED) is 0.789. The molecule has 0 N–H and O–H groups in total. The fourth-order valence-electron chi connectivity index (χ4n) is 1.77. The number of aromatic nitrogens is 1. The Morgan fingerprint density at radius 3 is 3.00 bits per heavy atom. The maximum atomic E-state index is 11.4. The summed E-state index contributed by atoms with van der Waals surface area (Å²) in [6.45, 7) is 0.380. The lowest BCUT2D eigenvalue weighted by Gasteiger charge is -2.24. The fraction of sp³-hybridized carbons (Fsp3) is 0.231. The van der Waals surface area contributed by atoms with Crippen molar-refractivity contribution in [3.05, 3.63) is 40.3 Å². The molecule has 3 rings (SSSR count). The third-order valence-corrected chi connectivity index (χ3v) is 3.76. The average molecular weight is 277 g/mol. The van der Waals surface area contributed by atoms with Crippen LogP contribution in [0.2, 0.25) is 0 Å². The molecule has 0 aliphatic carbocycles. The number of carbonyl (C=O) groups excluding carboxylic acids is 1. The summed E-state index contributed by atoms with van der Waals surface area (Å²) < 4.78 is 16.1. The molecule has 2 aromatic rings. The monoisotopic (exact) mass is 277 g/mol. The summed E-state index contributed by atoms with van der Waals surface area (Å²) in [7, 11) is 1.35. The second-order valence-electron chi connectivity index (χ2n) is 3.92. The predicted molar refractivity (Wildman–Crippen MR) is 68.8 cm³/mol. The van der Waals surface area contributed by atoms with E-state index < -0.39 is 0 Å². The Hall–Kier alpha value is -2.08. The highest BCUT2D eigenvalue weighted by atomic mass is 32.1. The van der Waals surface area contributed by atoms with Crippen molar-refractivity contribution in [2.24, 2.45) is 0 Å². The second-order valence-corrected chi connectivity index (χ2v) is 4.98. The second kappa shape index (κ2) is 4.89. The van der Waals surface area contributed by atoms with Crippen molar-refractivity contribution in [2.45, 2.75) is 6.10 Å². The number of esters is 1. The Labute approximate surface area is 113 Å². The standard InChI is InChI=1S/C13H11NO4S/c1-16-13(15)11-6-14-12(19-11)10-7-17-8-4-2-3-5-9(8)18-10/h2-6,10H,7H2,1H3. The normalized spacial score (nSPS) is 17.0. The number of thiazole rings is 1. The summed E-state index contributed by atoms with van der Waals surface area (Å²) >= 11 is 1.26. The van der Waals surface area contributed by atoms with Gasteiger partial charge in [-0.15, -0.1) is 11.3 Å². The van der Waals surface area contributed by atoms with Crippen molar-refractivity contribution in [1.29, 1.82) is 0 Å². The molecule has 0 bridgehead atoms. The maximum absolute atomic E-state index is 11.4. The van der Waals surface area contributed by atoms with Crippen LogP contribution in [0.25, 0.3) is 0 Å². The van der Waals surface area contributed by atoms with Crippen molar-refractivity contribution in [3.8, 4) is 11.5 Å². The number of ether oxygens (including phenoxy) is 3. The van der Waals surface area contributed by atoms with Crippen molar-refractivity contribution < 1.29 is 19.0 Å². The number of fused-ring (bicyclic) bond motifs is 1. The van der Waals surface area contributed by atoms with Gasteiger partial charge in [-0.1, -0.05) is 12.1 Å². The predicted octanol–water partition coefficient (Wildman–Crippen LogP) is 2.44. The summed E-state index contributed by atoms with van der Waals surface area (Å²) in [4.78, 5) is 16.0. The van der Waals surface area contributed by atoms with Crippen molar-refractivity contribution in [1.82, 2.24) is 4.98 Å². The summed E-state index contributed by atoms with van der Waals surface area (Å²) in [5.74, 6) is 1.03. The van der Waals surface area contributed by atoms with Crippen molar-refractivity contribution >= 4 is 17.3 Å². The summed E-state index contributed by atoms with van der Waals surface area (Å²) in [5, 5.41) is 0.704. The van der Waals surface area contributed by atoms with Crippen LogP contribution in [0, 0.1) is 0 Å². The molecule has 0 radical (unpaired) electrons. The number of hydrogen-bond donors (Lipinski definition) is 0. The highest BCUT2D eigenvalue weighted by Gasteiger charge is 2.25. The zero-order valence-corrected chi connectivity index (χ0v) is 11.0. The first-order chi connectivity index (χ1) is 9.28. The largest absolute Gasteiger partial charge is 0.485 e. The van der Waals surface area contributed by atoms with E-state index in [1.807, 2.05) is 24.3 Å². The van der Waals surface area contributed by atoms with Gasteiger partial charge < -0.3 is 14.2 Å². The van der Waals surface area contributed by atoms with Crippen LogP contribution in [0.5, 0.6) is 11.5 Å². The maximum Gasteiger partial charge on any atom is 0.349 e. The van der Waals surface area contributed by atoms with Crippen LogP contribution in [-0.4, -0.2) is 24.7 Å². The Morgan fingerprint density at radius 2 is 2.21 bits per heavy atom. The Kier molecular flexibility index (Phi) is 3.08. The topological polar surface area (TPSA) is 57.7 Å². The number of rotatable bonds is 2. The highest BCUT2D eigenvalue weighted by molar-refractivity contribution is 7.13. The van der Waals surface area contributed by atoms with Gasteiger partial charge in [-0.2, -0.15) is 0 Å². The third kappa shape index (κ3) is 2.26. The minimum absolute atomic E-state index is 0.293. The van der Waals surface area contributed by atoms with Gasteiger partial charge in [0.05, 0.1) is 13.3 Å². The van der Waals surface area contributed by atoms with E-state index in [2.05, 4.69) is 9.72 Å². The van der Waals surface area contributed by atoms with Crippen LogP contribution in [0.1, 0.15) is 20.8 Å². The van der Waals surface area contributed by atoms with Crippen molar-refractivity contribution in [3.63, 3.8) is 0 Å². The summed E-state index contributed by atoms with van der Waals surface area (Å²) in [6, 6.07) is 7.47. The lowest BCUT2D eigenvalue weighted by Crippen LogP contribution is -2.21. The molecule has 1 atom stereocenters. The molecule has 2 heterocycles. The van der Waals surface area contributed by atoms with E-state index >= 15 is 0 Å².